The van der Waals surface area contributed by atoms with Gasteiger partial charge in [0.1, 0.15) is 0 Å². The molecule has 7 heavy (non-hydrogen) atoms. The largest absolute Gasteiger partial charge is 0.330 e. The number of carbonyl (C=O) groups is 1. The van der Waals surface area contributed by atoms with E-state index in [4.69, 9.17) is 5.73 Å². The van der Waals surface area contributed by atoms with Crippen LogP contribution in [0.15, 0.2) is 0 Å². The maximum absolute atomic E-state index is 10.1. The van der Waals surface area contributed by atoms with Crippen LogP contribution in [0.25, 0.3) is 0 Å². The van der Waals surface area contributed by atoms with Gasteiger partial charge in [-0.2, -0.15) is 0 Å². The predicted molar refractivity (Wildman–Crippen MR) is 37.3 cm³/mol. The van der Waals surface area contributed by atoms with Crippen molar-refractivity contribution in [3.05, 3.63) is 0 Å². The zero-order chi connectivity index (χ0) is 5.70. The van der Waals surface area contributed by atoms with Gasteiger partial charge in [-0.25, -0.2) is 0 Å². The van der Waals surface area contributed by atoms with Crippen molar-refractivity contribution in [1.29, 1.82) is 0 Å². The third-order valence-corrected chi connectivity index (χ3v) is 1.12. The highest BCUT2D eigenvalue weighted by molar-refractivity contribution is 14.1. The van der Waals surface area contributed by atoms with E-state index < -0.39 is 0 Å². The van der Waals surface area contributed by atoms with E-state index in [1.807, 2.05) is 0 Å². The maximum Gasteiger partial charge on any atom is 0.192 e. The van der Waals surface area contributed by atoms with E-state index in [1.54, 1.807) is 22.6 Å². The Morgan fingerprint density at radius 2 is 2.29 bits per heavy atom. The van der Waals surface area contributed by atoms with E-state index >= 15 is 0 Å². The SMILES string of the molecule is NCCCC(=O)I. The van der Waals surface area contributed by atoms with Crippen LogP contribution in [0.2, 0.25) is 0 Å². The molecule has 0 aliphatic carbocycles. The third kappa shape index (κ3) is 6.36. The summed E-state index contributed by atoms with van der Waals surface area (Å²) in [6.07, 6.45) is 1.44. The van der Waals surface area contributed by atoms with Gasteiger partial charge in [0.2, 0.25) is 0 Å². The van der Waals surface area contributed by atoms with E-state index in [0.717, 1.165) is 6.42 Å². The van der Waals surface area contributed by atoms with Gasteiger partial charge < -0.3 is 5.73 Å². The molecule has 42 valence electrons. The first-order valence-corrected chi connectivity index (χ1v) is 3.23. The Kier molecular flexibility index (Phi) is 4.75. The second-order valence-corrected chi connectivity index (χ2v) is 2.45. The summed E-state index contributed by atoms with van der Waals surface area (Å²) in [5.74, 6) is 0. The predicted octanol–water partition coefficient (Wildman–Crippen LogP) is 0.687. The van der Waals surface area contributed by atoms with Crippen LogP contribution < -0.4 is 5.73 Å². The molecule has 0 amide bonds. The third-order valence-electron chi connectivity index (χ3n) is 0.577. The van der Waals surface area contributed by atoms with Crippen molar-refractivity contribution in [1.82, 2.24) is 0 Å². The molecule has 0 fully saturated rings. The molecule has 0 aromatic heterocycles. The van der Waals surface area contributed by atoms with E-state index in [1.165, 1.54) is 0 Å². The quantitative estimate of drug-likeness (QED) is 0.553. The minimum Gasteiger partial charge on any atom is -0.330 e. The van der Waals surface area contributed by atoms with Crippen LogP contribution in [0.3, 0.4) is 0 Å². The monoisotopic (exact) mass is 213 g/mol. The summed E-state index contributed by atoms with van der Waals surface area (Å²) in [6.45, 7) is 0.620. The Hall–Kier alpha value is 0.360. The second-order valence-electron chi connectivity index (χ2n) is 1.25. The zero-order valence-electron chi connectivity index (χ0n) is 3.98. The van der Waals surface area contributed by atoms with Crippen molar-refractivity contribution in [2.24, 2.45) is 5.73 Å². The van der Waals surface area contributed by atoms with Crippen LogP contribution in [0.1, 0.15) is 12.8 Å². The molecule has 0 saturated carbocycles. The van der Waals surface area contributed by atoms with Crippen LogP contribution in [-0.2, 0) is 4.79 Å². The van der Waals surface area contributed by atoms with Gasteiger partial charge >= 0.3 is 0 Å². The van der Waals surface area contributed by atoms with Crippen molar-refractivity contribution in [3.63, 3.8) is 0 Å². The second kappa shape index (κ2) is 4.52. The lowest BCUT2D eigenvalue weighted by Gasteiger charge is -1.85. The first-order chi connectivity index (χ1) is 3.27. The van der Waals surface area contributed by atoms with Gasteiger partial charge in [0.15, 0.2) is 3.79 Å². The van der Waals surface area contributed by atoms with E-state index in [0.29, 0.717) is 13.0 Å². The summed E-state index contributed by atoms with van der Waals surface area (Å²) in [5, 5.41) is 0. The standard InChI is InChI=1S/C4H8INO/c5-4(7)2-1-3-6/h1-3,6H2. The molecule has 0 radical (unpaired) electrons. The van der Waals surface area contributed by atoms with Gasteiger partial charge in [0.25, 0.3) is 0 Å². The summed E-state index contributed by atoms with van der Waals surface area (Å²) in [7, 11) is 0. The van der Waals surface area contributed by atoms with Gasteiger partial charge in [0.05, 0.1) is 0 Å². The molecule has 0 aliphatic rings. The first-order valence-electron chi connectivity index (χ1n) is 2.15. The Morgan fingerprint density at radius 1 is 1.71 bits per heavy atom. The first kappa shape index (κ1) is 7.36. The Labute approximate surface area is 56.6 Å². The lowest BCUT2D eigenvalue weighted by molar-refractivity contribution is -0.109. The Balaban J connectivity index is 2.82. The van der Waals surface area contributed by atoms with Crippen molar-refractivity contribution >= 4 is 26.4 Å². The van der Waals surface area contributed by atoms with E-state index in [2.05, 4.69) is 0 Å². The van der Waals surface area contributed by atoms with Gasteiger partial charge in [-0.3, -0.25) is 4.79 Å². The molecule has 0 heterocycles. The molecule has 3 heteroatoms. The number of hydrogen-bond acceptors (Lipinski definition) is 2. The Bertz CT molecular complexity index is 64.7. The van der Waals surface area contributed by atoms with Crippen LogP contribution >= 0.6 is 22.6 Å². The van der Waals surface area contributed by atoms with Gasteiger partial charge in [-0.05, 0) is 35.6 Å². The number of halogens is 1. The molecule has 0 aromatic rings. The highest BCUT2D eigenvalue weighted by Gasteiger charge is 1.89. The lowest BCUT2D eigenvalue weighted by atomic mass is 10.3. The van der Waals surface area contributed by atoms with Crippen LogP contribution in [-0.4, -0.2) is 10.3 Å². The van der Waals surface area contributed by atoms with E-state index in [9.17, 15) is 4.79 Å². The number of carbonyl (C=O) groups excluding carboxylic acids is 1. The topological polar surface area (TPSA) is 43.1 Å². The average molecular weight is 213 g/mol. The smallest absolute Gasteiger partial charge is 0.192 e. The van der Waals surface area contributed by atoms with Gasteiger partial charge in [-0.15, -0.1) is 0 Å². The number of nitrogens with two attached hydrogens (primary N) is 1. The molecule has 0 atom stereocenters. The molecule has 2 nitrogen and oxygen atoms in total. The minimum absolute atomic E-state index is 0.197. The highest BCUT2D eigenvalue weighted by atomic mass is 127. The fourth-order valence-electron chi connectivity index (χ4n) is 0.241. The summed E-state index contributed by atoms with van der Waals surface area (Å²) < 4.78 is 0.197. The molecule has 0 aliphatic heterocycles. The van der Waals surface area contributed by atoms with Crippen LogP contribution in [0.4, 0.5) is 0 Å². The summed E-state index contributed by atoms with van der Waals surface area (Å²) in [4.78, 5) is 10.1. The number of hydrogen-bond donors (Lipinski definition) is 1. The normalized spacial score (nSPS) is 8.86. The molecule has 0 saturated heterocycles. The van der Waals surface area contributed by atoms with Crippen molar-refractivity contribution in [3.8, 4) is 0 Å². The van der Waals surface area contributed by atoms with Crippen molar-refractivity contribution in [2.45, 2.75) is 12.8 Å². The molecule has 0 bridgehead atoms. The minimum atomic E-state index is 0.197. The maximum atomic E-state index is 10.1. The zero-order valence-corrected chi connectivity index (χ0v) is 6.14. The Morgan fingerprint density at radius 3 is 2.43 bits per heavy atom. The summed E-state index contributed by atoms with van der Waals surface area (Å²) >= 11 is 1.77. The fraction of sp³-hybridized carbons (Fsp3) is 0.750. The average Bonchev–Trinajstić information content (AvgIpc) is 1.61. The molecule has 0 unspecified atom stereocenters. The van der Waals surface area contributed by atoms with Gasteiger partial charge in [-0.1, -0.05) is 0 Å². The molecule has 0 rings (SSSR count). The van der Waals surface area contributed by atoms with Crippen LogP contribution in [0, 0.1) is 0 Å². The molecule has 2 N–H and O–H groups in total. The van der Waals surface area contributed by atoms with E-state index in [-0.39, 0.29) is 3.79 Å². The molecular weight excluding hydrogens is 205 g/mol. The van der Waals surface area contributed by atoms with Crippen molar-refractivity contribution < 1.29 is 4.79 Å². The highest BCUT2D eigenvalue weighted by Crippen LogP contribution is 1.94. The summed E-state index contributed by atoms with van der Waals surface area (Å²) in [5.41, 5.74) is 5.12. The lowest BCUT2D eigenvalue weighted by Crippen LogP contribution is -1.99. The molecule has 0 spiro atoms. The summed E-state index contributed by atoms with van der Waals surface area (Å²) in [6, 6.07) is 0. The fourth-order valence-corrected chi connectivity index (χ4v) is 0.622. The molecule has 0 aromatic carbocycles. The number of rotatable bonds is 3. The van der Waals surface area contributed by atoms with Gasteiger partial charge in [0, 0.05) is 6.42 Å². The van der Waals surface area contributed by atoms with Crippen molar-refractivity contribution in [2.75, 3.05) is 6.54 Å². The molecular formula is C4H8INO. The van der Waals surface area contributed by atoms with Crippen LogP contribution in [0.5, 0.6) is 0 Å².